The highest BCUT2D eigenvalue weighted by Gasteiger charge is 2.65. The highest BCUT2D eigenvalue weighted by atomic mass is 16.3. The summed E-state index contributed by atoms with van der Waals surface area (Å²) in [7, 11) is 0. The van der Waals surface area contributed by atoms with Crippen molar-refractivity contribution >= 4 is 5.78 Å². The van der Waals surface area contributed by atoms with Gasteiger partial charge in [-0.25, -0.2) is 0 Å². The van der Waals surface area contributed by atoms with Crippen LogP contribution in [-0.2, 0) is 4.79 Å². The fraction of sp³-hybridized carbons (Fsp3) is 0.958. The van der Waals surface area contributed by atoms with E-state index < -0.39 is 0 Å². The van der Waals surface area contributed by atoms with Crippen LogP contribution in [0.2, 0.25) is 0 Å². The Morgan fingerprint density at radius 1 is 1.14 bits per heavy atom. The van der Waals surface area contributed by atoms with Crippen LogP contribution < -0.4 is 0 Å². The molecule has 0 aromatic rings. The quantitative estimate of drug-likeness (QED) is 0.683. The Bertz CT molecular complexity index is 605. The minimum atomic E-state index is -0.336. The van der Waals surface area contributed by atoms with Crippen molar-refractivity contribution in [1.29, 1.82) is 0 Å². The highest BCUT2D eigenvalue weighted by Crippen LogP contribution is 2.68. The van der Waals surface area contributed by atoms with Crippen LogP contribution in [0.4, 0.5) is 0 Å². The zero-order valence-electron chi connectivity index (χ0n) is 17.9. The van der Waals surface area contributed by atoms with Crippen LogP contribution in [0.15, 0.2) is 0 Å². The van der Waals surface area contributed by atoms with Gasteiger partial charge in [0.15, 0.2) is 0 Å². The third-order valence-electron chi connectivity index (χ3n) is 10.2. The van der Waals surface area contributed by atoms with Crippen LogP contribution in [-0.4, -0.2) is 39.9 Å². The van der Waals surface area contributed by atoms with E-state index in [9.17, 15) is 20.1 Å². The molecule has 0 radical (unpaired) electrons. The Kier molecular flexibility index (Phi) is 5.46. The Hall–Kier alpha value is -0.450. The molecule has 10 atom stereocenters. The van der Waals surface area contributed by atoms with E-state index in [4.69, 9.17) is 0 Å². The van der Waals surface area contributed by atoms with Crippen molar-refractivity contribution in [2.45, 2.75) is 90.8 Å². The molecule has 4 aliphatic rings. The van der Waals surface area contributed by atoms with E-state index in [1.54, 1.807) is 0 Å². The lowest BCUT2D eigenvalue weighted by molar-refractivity contribution is -0.201. The Morgan fingerprint density at radius 3 is 2.61 bits per heavy atom. The van der Waals surface area contributed by atoms with Gasteiger partial charge < -0.3 is 15.3 Å². The predicted molar refractivity (Wildman–Crippen MR) is 108 cm³/mol. The first kappa shape index (κ1) is 20.8. The summed E-state index contributed by atoms with van der Waals surface area (Å²) in [6, 6.07) is 0. The van der Waals surface area contributed by atoms with Crippen LogP contribution in [0.5, 0.6) is 0 Å². The molecule has 0 amide bonds. The molecule has 0 unspecified atom stereocenters. The molecule has 4 nitrogen and oxygen atoms in total. The standard InChI is InChI=1S/C24H40O4/c1-14(5-4-10-25)17-6-7-18-22-19(13-21(28)24(17,18)3)23(2)9-8-16(26)11-15(23)12-20(22)27/h14-15,17-22,25,27-28H,4-13H2,1-3H3/t14-,15-,17-,18+,19-,20-,21+,22+,23+,24-/m1/s1. The molecule has 28 heavy (non-hydrogen) atoms. The summed E-state index contributed by atoms with van der Waals surface area (Å²) in [5.74, 6) is 2.55. The van der Waals surface area contributed by atoms with E-state index in [1.165, 1.54) is 0 Å². The van der Waals surface area contributed by atoms with Gasteiger partial charge in [-0.2, -0.15) is 0 Å². The van der Waals surface area contributed by atoms with E-state index in [-0.39, 0.29) is 41.5 Å². The summed E-state index contributed by atoms with van der Waals surface area (Å²) in [5.41, 5.74) is -0.0502. The summed E-state index contributed by atoms with van der Waals surface area (Å²) < 4.78 is 0. The minimum absolute atomic E-state index is 0.0840. The summed E-state index contributed by atoms with van der Waals surface area (Å²) in [6.07, 6.45) is 7.15. The minimum Gasteiger partial charge on any atom is -0.396 e. The van der Waals surface area contributed by atoms with Crippen LogP contribution in [0.3, 0.4) is 0 Å². The number of rotatable bonds is 4. The van der Waals surface area contributed by atoms with Gasteiger partial charge in [-0.05, 0) is 91.3 Å². The van der Waals surface area contributed by atoms with Crippen molar-refractivity contribution in [3.05, 3.63) is 0 Å². The maximum Gasteiger partial charge on any atom is 0.133 e. The molecule has 4 rings (SSSR count). The first-order valence-electron chi connectivity index (χ1n) is 11.7. The van der Waals surface area contributed by atoms with E-state index in [0.717, 1.165) is 44.9 Å². The van der Waals surface area contributed by atoms with Gasteiger partial charge in [-0.15, -0.1) is 0 Å². The second-order valence-corrected chi connectivity index (χ2v) is 11.2. The monoisotopic (exact) mass is 392 g/mol. The van der Waals surface area contributed by atoms with Crippen LogP contribution >= 0.6 is 0 Å². The van der Waals surface area contributed by atoms with Gasteiger partial charge in [-0.1, -0.05) is 20.8 Å². The van der Waals surface area contributed by atoms with E-state index in [1.807, 2.05) is 0 Å². The van der Waals surface area contributed by atoms with Gasteiger partial charge in [0.05, 0.1) is 12.2 Å². The number of hydrogen-bond donors (Lipinski definition) is 3. The van der Waals surface area contributed by atoms with Crippen LogP contribution in [0.1, 0.15) is 78.6 Å². The number of carbonyl (C=O) groups is 1. The van der Waals surface area contributed by atoms with Crippen LogP contribution in [0, 0.1) is 46.3 Å². The number of Topliss-reactive ketones (excluding diaryl/α,β-unsaturated/α-hetero) is 1. The number of aliphatic hydroxyl groups is 3. The zero-order valence-corrected chi connectivity index (χ0v) is 17.9. The molecule has 0 saturated heterocycles. The average molecular weight is 393 g/mol. The Balaban J connectivity index is 1.63. The molecule has 4 heteroatoms. The molecule has 4 saturated carbocycles. The molecule has 0 spiro atoms. The maximum absolute atomic E-state index is 12.1. The summed E-state index contributed by atoms with van der Waals surface area (Å²) >= 11 is 0. The lowest BCUT2D eigenvalue weighted by Crippen LogP contribution is -2.62. The van der Waals surface area contributed by atoms with Gasteiger partial charge in [0.1, 0.15) is 5.78 Å². The molecular formula is C24H40O4. The van der Waals surface area contributed by atoms with Gasteiger partial charge in [0.25, 0.3) is 0 Å². The summed E-state index contributed by atoms with van der Waals surface area (Å²) in [6.45, 7) is 7.16. The number of carbonyl (C=O) groups excluding carboxylic acids is 1. The fourth-order valence-corrected chi connectivity index (χ4v) is 8.56. The molecular weight excluding hydrogens is 352 g/mol. The first-order chi connectivity index (χ1) is 13.2. The maximum atomic E-state index is 12.1. The van der Waals surface area contributed by atoms with E-state index >= 15 is 0 Å². The molecule has 0 heterocycles. The average Bonchev–Trinajstić information content (AvgIpc) is 3.01. The Labute approximate surface area is 170 Å². The second-order valence-electron chi connectivity index (χ2n) is 11.2. The lowest BCUT2D eigenvalue weighted by Gasteiger charge is -2.63. The second kappa shape index (κ2) is 7.35. The normalized spacial score (nSPS) is 51.9. The third kappa shape index (κ3) is 2.93. The number of aliphatic hydroxyl groups excluding tert-OH is 3. The third-order valence-corrected chi connectivity index (χ3v) is 10.2. The smallest absolute Gasteiger partial charge is 0.133 e. The first-order valence-corrected chi connectivity index (χ1v) is 11.7. The van der Waals surface area contributed by atoms with E-state index in [2.05, 4.69) is 20.8 Å². The number of hydrogen-bond acceptors (Lipinski definition) is 4. The van der Waals surface area contributed by atoms with E-state index in [0.29, 0.717) is 42.3 Å². The van der Waals surface area contributed by atoms with Crippen molar-refractivity contribution in [1.82, 2.24) is 0 Å². The summed E-state index contributed by atoms with van der Waals surface area (Å²) in [5, 5.41) is 31.9. The lowest BCUT2D eigenvalue weighted by atomic mass is 9.43. The topological polar surface area (TPSA) is 77.8 Å². The fourth-order valence-electron chi connectivity index (χ4n) is 8.56. The number of fused-ring (bicyclic) bond motifs is 5. The molecule has 0 aromatic carbocycles. The van der Waals surface area contributed by atoms with Crippen molar-refractivity contribution in [2.24, 2.45) is 46.3 Å². The number of ketones is 1. The summed E-state index contributed by atoms with van der Waals surface area (Å²) in [4.78, 5) is 12.1. The predicted octanol–water partition coefficient (Wildman–Crippen LogP) is 3.56. The van der Waals surface area contributed by atoms with Gasteiger partial charge in [0, 0.05) is 19.4 Å². The van der Waals surface area contributed by atoms with Crippen LogP contribution in [0.25, 0.3) is 0 Å². The molecule has 160 valence electrons. The molecule has 4 fully saturated rings. The van der Waals surface area contributed by atoms with Gasteiger partial charge in [-0.3, -0.25) is 4.79 Å². The van der Waals surface area contributed by atoms with Gasteiger partial charge >= 0.3 is 0 Å². The van der Waals surface area contributed by atoms with Crippen molar-refractivity contribution in [3.63, 3.8) is 0 Å². The SMILES string of the molecule is C[C@H](CCCO)[C@H]1CC[C@H]2[C@@H]3[C@H](O)C[C@H]4CC(=O)CC[C@]4(C)[C@@H]3C[C@H](O)[C@]12C. The molecule has 3 N–H and O–H groups in total. The van der Waals surface area contributed by atoms with Gasteiger partial charge in [0.2, 0.25) is 0 Å². The highest BCUT2D eigenvalue weighted by molar-refractivity contribution is 5.79. The largest absolute Gasteiger partial charge is 0.396 e. The molecule has 0 bridgehead atoms. The molecule has 0 aliphatic heterocycles. The van der Waals surface area contributed by atoms with Crippen molar-refractivity contribution in [3.8, 4) is 0 Å². The molecule has 0 aromatic heterocycles. The molecule has 4 aliphatic carbocycles. The van der Waals surface area contributed by atoms with Crippen molar-refractivity contribution in [2.75, 3.05) is 6.61 Å². The van der Waals surface area contributed by atoms with Crippen molar-refractivity contribution < 1.29 is 20.1 Å². The Morgan fingerprint density at radius 2 is 1.89 bits per heavy atom. The zero-order chi connectivity index (χ0) is 20.3.